The van der Waals surface area contributed by atoms with E-state index >= 15 is 0 Å². The quantitative estimate of drug-likeness (QED) is 0.559. The van der Waals surface area contributed by atoms with Crippen LogP contribution in [0.2, 0.25) is 0 Å². The fourth-order valence-electron chi connectivity index (χ4n) is 1.57. The molecule has 0 saturated carbocycles. The van der Waals surface area contributed by atoms with Gasteiger partial charge < -0.3 is 20.5 Å². The lowest BCUT2D eigenvalue weighted by atomic mass is 10.0. The van der Waals surface area contributed by atoms with Gasteiger partial charge in [-0.3, -0.25) is 0 Å². The Morgan fingerprint density at radius 3 is 3.00 bits per heavy atom. The number of pyridine rings is 1. The van der Waals surface area contributed by atoms with Crippen LogP contribution in [0.25, 0.3) is 0 Å². The molecule has 2 N–H and O–H groups in total. The molecule has 1 rings (SSSR count). The molecular formula is C11H17N3O3. The summed E-state index contributed by atoms with van der Waals surface area (Å²) in [5.74, 6) is 0.145. The standard InChI is InChI=1S/C11H17N3O3/c1-2-9(5-7-15)8-13-10-4-3-6-12-11(10)14(16)17/h3-4,6,9,13,15H,2,5,7-8H2,1H3. The van der Waals surface area contributed by atoms with Crippen molar-refractivity contribution in [1.29, 1.82) is 0 Å². The van der Waals surface area contributed by atoms with Gasteiger partial charge in [0.2, 0.25) is 0 Å². The van der Waals surface area contributed by atoms with Gasteiger partial charge in [-0.05, 0) is 34.4 Å². The number of hydrogen-bond donors (Lipinski definition) is 2. The molecule has 0 radical (unpaired) electrons. The molecule has 1 heterocycles. The second-order valence-electron chi connectivity index (χ2n) is 3.80. The summed E-state index contributed by atoms with van der Waals surface area (Å²) in [6.45, 7) is 2.76. The average molecular weight is 239 g/mol. The molecule has 0 amide bonds. The highest BCUT2D eigenvalue weighted by molar-refractivity contribution is 5.56. The predicted octanol–water partition coefficient (Wildman–Crippen LogP) is 1.81. The molecule has 0 spiro atoms. The molecule has 17 heavy (non-hydrogen) atoms. The third-order valence-electron chi connectivity index (χ3n) is 2.66. The molecule has 0 fully saturated rings. The van der Waals surface area contributed by atoms with Crippen molar-refractivity contribution >= 4 is 11.5 Å². The topological polar surface area (TPSA) is 88.3 Å². The van der Waals surface area contributed by atoms with E-state index in [1.165, 1.54) is 6.20 Å². The summed E-state index contributed by atoms with van der Waals surface area (Å²) in [5.41, 5.74) is 0.425. The van der Waals surface area contributed by atoms with Crippen LogP contribution in [0.1, 0.15) is 19.8 Å². The zero-order valence-corrected chi connectivity index (χ0v) is 9.80. The van der Waals surface area contributed by atoms with Gasteiger partial charge in [-0.15, -0.1) is 0 Å². The van der Waals surface area contributed by atoms with Gasteiger partial charge in [0.05, 0.1) is 0 Å². The molecule has 0 aromatic carbocycles. The molecule has 0 aliphatic heterocycles. The Bertz CT molecular complexity index is 371. The Morgan fingerprint density at radius 1 is 1.65 bits per heavy atom. The molecule has 0 aliphatic carbocycles. The van der Waals surface area contributed by atoms with Crippen molar-refractivity contribution in [3.05, 3.63) is 28.4 Å². The zero-order valence-electron chi connectivity index (χ0n) is 9.80. The molecule has 0 bridgehead atoms. The normalized spacial score (nSPS) is 12.1. The minimum absolute atomic E-state index is 0.134. The highest BCUT2D eigenvalue weighted by Gasteiger charge is 2.14. The summed E-state index contributed by atoms with van der Waals surface area (Å²) in [7, 11) is 0. The number of nitro groups is 1. The minimum Gasteiger partial charge on any atom is -0.396 e. The monoisotopic (exact) mass is 239 g/mol. The zero-order chi connectivity index (χ0) is 12.7. The van der Waals surface area contributed by atoms with Crippen LogP contribution in [0.4, 0.5) is 11.5 Å². The van der Waals surface area contributed by atoms with Gasteiger partial charge in [0.15, 0.2) is 0 Å². The maximum absolute atomic E-state index is 10.7. The number of nitrogens with zero attached hydrogens (tertiary/aromatic N) is 2. The summed E-state index contributed by atoms with van der Waals surface area (Å²) in [6, 6.07) is 3.29. The smallest absolute Gasteiger partial charge is 0.386 e. The Balaban J connectivity index is 2.65. The molecule has 0 aliphatic rings. The van der Waals surface area contributed by atoms with Crippen molar-refractivity contribution in [3.63, 3.8) is 0 Å². The first-order chi connectivity index (χ1) is 8.19. The lowest BCUT2D eigenvalue weighted by molar-refractivity contribution is -0.388. The van der Waals surface area contributed by atoms with E-state index in [-0.39, 0.29) is 12.4 Å². The fraction of sp³-hybridized carbons (Fsp3) is 0.545. The number of nitrogens with one attached hydrogen (secondary N) is 1. The maximum Gasteiger partial charge on any atom is 0.386 e. The molecule has 94 valence electrons. The van der Waals surface area contributed by atoms with Crippen molar-refractivity contribution < 1.29 is 10.0 Å². The third-order valence-corrected chi connectivity index (χ3v) is 2.66. The van der Waals surface area contributed by atoms with Crippen molar-refractivity contribution in [2.45, 2.75) is 19.8 Å². The van der Waals surface area contributed by atoms with E-state index in [4.69, 9.17) is 5.11 Å². The highest BCUT2D eigenvalue weighted by Crippen LogP contribution is 2.21. The van der Waals surface area contributed by atoms with Crippen molar-refractivity contribution in [1.82, 2.24) is 4.98 Å². The van der Waals surface area contributed by atoms with Gasteiger partial charge in [-0.1, -0.05) is 13.3 Å². The maximum atomic E-state index is 10.7. The number of aliphatic hydroxyl groups is 1. The summed E-state index contributed by atoms with van der Waals surface area (Å²) in [4.78, 5) is 13.9. The van der Waals surface area contributed by atoms with Crippen molar-refractivity contribution in [3.8, 4) is 0 Å². The number of aliphatic hydroxyl groups excluding tert-OH is 1. The Hall–Kier alpha value is -1.69. The average Bonchev–Trinajstić information content (AvgIpc) is 2.34. The fourth-order valence-corrected chi connectivity index (χ4v) is 1.57. The Morgan fingerprint density at radius 2 is 2.41 bits per heavy atom. The van der Waals surface area contributed by atoms with E-state index in [1.54, 1.807) is 12.1 Å². The minimum atomic E-state index is -0.505. The first-order valence-corrected chi connectivity index (χ1v) is 5.63. The lowest BCUT2D eigenvalue weighted by Crippen LogP contribution is -2.15. The second-order valence-corrected chi connectivity index (χ2v) is 3.80. The van der Waals surface area contributed by atoms with Gasteiger partial charge in [0.1, 0.15) is 11.9 Å². The number of anilines is 1. The predicted molar refractivity (Wildman–Crippen MR) is 64.9 cm³/mol. The van der Waals surface area contributed by atoms with Crippen LogP contribution < -0.4 is 5.32 Å². The van der Waals surface area contributed by atoms with E-state index in [1.807, 2.05) is 6.92 Å². The van der Waals surface area contributed by atoms with E-state index < -0.39 is 4.92 Å². The van der Waals surface area contributed by atoms with Gasteiger partial charge in [0.25, 0.3) is 0 Å². The van der Waals surface area contributed by atoms with Crippen molar-refractivity contribution in [2.75, 3.05) is 18.5 Å². The Kier molecular flexibility index (Phi) is 5.35. The lowest BCUT2D eigenvalue weighted by Gasteiger charge is -2.14. The molecule has 1 aromatic rings. The molecular weight excluding hydrogens is 222 g/mol. The summed E-state index contributed by atoms with van der Waals surface area (Å²) in [6.07, 6.45) is 3.01. The molecule has 6 nitrogen and oxygen atoms in total. The number of aromatic nitrogens is 1. The van der Waals surface area contributed by atoms with E-state index in [9.17, 15) is 10.1 Å². The largest absolute Gasteiger partial charge is 0.396 e. The molecule has 1 unspecified atom stereocenters. The van der Waals surface area contributed by atoms with Gasteiger partial charge in [-0.2, -0.15) is 0 Å². The first-order valence-electron chi connectivity index (χ1n) is 5.63. The molecule has 6 heteroatoms. The van der Waals surface area contributed by atoms with Crippen LogP contribution in [0.3, 0.4) is 0 Å². The molecule has 0 saturated heterocycles. The SMILES string of the molecule is CCC(CCO)CNc1cccnc1[N+](=O)[O-]. The van der Waals surface area contributed by atoms with Crippen LogP contribution in [0.5, 0.6) is 0 Å². The van der Waals surface area contributed by atoms with E-state index in [2.05, 4.69) is 10.3 Å². The molecule has 1 aromatic heterocycles. The summed E-state index contributed by atoms with van der Waals surface area (Å²) in [5, 5.41) is 22.6. The summed E-state index contributed by atoms with van der Waals surface area (Å²) < 4.78 is 0. The number of hydrogen-bond acceptors (Lipinski definition) is 5. The van der Waals surface area contributed by atoms with Crippen LogP contribution >= 0.6 is 0 Å². The van der Waals surface area contributed by atoms with Crippen LogP contribution in [-0.2, 0) is 0 Å². The Labute approximate surface area is 99.8 Å². The van der Waals surface area contributed by atoms with Gasteiger partial charge in [0, 0.05) is 13.2 Å². The van der Waals surface area contributed by atoms with Crippen LogP contribution in [-0.4, -0.2) is 28.2 Å². The van der Waals surface area contributed by atoms with Crippen LogP contribution in [0, 0.1) is 16.0 Å². The van der Waals surface area contributed by atoms with Crippen molar-refractivity contribution in [2.24, 2.45) is 5.92 Å². The highest BCUT2D eigenvalue weighted by atomic mass is 16.6. The van der Waals surface area contributed by atoms with Gasteiger partial charge >= 0.3 is 5.82 Å². The summed E-state index contributed by atoms with van der Waals surface area (Å²) >= 11 is 0. The second kappa shape index (κ2) is 6.80. The first kappa shape index (κ1) is 13.4. The van der Waals surface area contributed by atoms with Crippen LogP contribution in [0.15, 0.2) is 18.3 Å². The molecule has 1 atom stereocenters. The van der Waals surface area contributed by atoms with Gasteiger partial charge in [-0.25, -0.2) is 0 Å². The third kappa shape index (κ3) is 3.99. The number of rotatable bonds is 7. The van der Waals surface area contributed by atoms with E-state index in [0.29, 0.717) is 24.6 Å². The van der Waals surface area contributed by atoms with E-state index in [0.717, 1.165) is 6.42 Å².